The van der Waals surface area contributed by atoms with Crippen LogP contribution in [0.1, 0.15) is 10.4 Å². The Labute approximate surface area is 63.4 Å². The Bertz CT molecular complexity index is 276. The Kier molecular flexibility index (Phi) is 1.68. The van der Waals surface area contributed by atoms with Crippen LogP contribution in [0.5, 0.6) is 0 Å². The maximum absolute atomic E-state index is 10.3. The van der Waals surface area contributed by atoms with Crippen molar-refractivity contribution >= 4 is 17.3 Å². The van der Waals surface area contributed by atoms with Gasteiger partial charge in [0.15, 0.2) is 0 Å². The number of carboxylic acids is 1. The lowest BCUT2D eigenvalue weighted by atomic mass is 10.2. The molecule has 1 rings (SSSR count). The van der Waals surface area contributed by atoms with Gasteiger partial charge in [-0.05, 0) is 18.2 Å². The second-order valence-electron chi connectivity index (χ2n) is 2.18. The average molecular weight is 151 g/mol. The monoisotopic (exact) mass is 151 g/mol. The maximum Gasteiger partial charge on any atom is 0.0716 e. The number of hydrogen-bond acceptors (Lipinski definition) is 4. The highest BCUT2D eigenvalue weighted by atomic mass is 16.4. The van der Waals surface area contributed by atoms with Crippen molar-refractivity contribution in [1.29, 1.82) is 0 Å². The molecule has 0 amide bonds. The molecule has 11 heavy (non-hydrogen) atoms. The molecule has 0 saturated heterocycles. The Hall–Kier alpha value is -1.71. The normalized spacial score (nSPS) is 9.45. The van der Waals surface area contributed by atoms with Crippen molar-refractivity contribution in [3.8, 4) is 0 Å². The minimum absolute atomic E-state index is 0.00231. The van der Waals surface area contributed by atoms with Crippen molar-refractivity contribution in [3.05, 3.63) is 23.8 Å². The Balaban J connectivity index is 3.19. The fraction of sp³-hybridized carbons (Fsp3) is 0. The summed E-state index contributed by atoms with van der Waals surface area (Å²) in [6, 6.07) is 4.07. The molecule has 0 unspecified atom stereocenters. The van der Waals surface area contributed by atoms with Crippen LogP contribution in [0.3, 0.4) is 0 Å². The molecule has 0 atom stereocenters. The topological polar surface area (TPSA) is 92.2 Å². The third-order valence-electron chi connectivity index (χ3n) is 1.21. The van der Waals surface area contributed by atoms with Crippen molar-refractivity contribution in [1.82, 2.24) is 0 Å². The van der Waals surface area contributed by atoms with Gasteiger partial charge < -0.3 is 21.4 Å². The summed E-state index contributed by atoms with van der Waals surface area (Å²) in [5.41, 5.74) is 11.3. The number of benzene rings is 1. The first-order valence-electron chi connectivity index (χ1n) is 2.97. The second kappa shape index (κ2) is 2.49. The predicted molar refractivity (Wildman–Crippen MR) is 39.6 cm³/mol. The molecule has 0 heterocycles. The van der Waals surface area contributed by atoms with Gasteiger partial charge in [0.2, 0.25) is 0 Å². The van der Waals surface area contributed by atoms with Gasteiger partial charge in [0.1, 0.15) is 0 Å². The molecular formula is C7H7N2O2-. The van der Waals surface area contributed by atoms with Crippen molar-refractivity contribution in [2.24, 2.45) is 0 Å². The van der Waals surface area contributed by atoms with E-state index in [1.807, 2.05) is 0 Å². The summed E-state index contributed by atoms with van der Waals surface area (Å²) in [7, 11) is 0. The molecule has 0 aliphatic heterocycles. The van der Waals surface area contributed by atoms with Crippen molar-refractivity contribution in [2.45, 2.75) is 0 Å². The summed E-state index contributed by atoms with van der Waals surface area (Å²) in [5, 5.41) is 10.3. The fourth-order valence-electron chi connectivity index (χ4n) is 0.794. The first kappa shape index (κ1) is 7.40. The molecule has 0 saturated carbocycles. The molecule has 4 heteroatoms. The van der Waals surface area contributed by atoms with E-state index in [2.05, 4.69) is 0 Å². The van der Waals surface area contributed by atoms with Gasteiger partial charge in [0.05, 0.1) is 5.97 Å². The number of carboxylic acid groups (broad SMARTS) is 1. The second-order valence-corrected chi connectivity index (χ2v) is 2.18. The van der Waals surface area contributed by atoms with Crippen molar-refractivity contribution in [3.63, 3.8) is 0 Å². The number of carbonyl (C=O) groups excluding carboxylic acids is 1. The van der Waals surface area contributed by atoms with Crippen LogP contribution in [-0.4, -0.2) is 5.97 Å². The molecular weight excluding hydrogens is 144 g/mol. The standard InChI is InChI=1S/C7H8N2O2/c8-5-1-4(7(10)11)2-6(9)3-5/h1-3H,8-9H2,(H,10,11)/p-1. The van der Waals surface area contributed by atoms with Gasteiger partial charge in [-0.2, -0.15) is 0 Å². The van der Waals surface area contributed by atoms with E-state index in [0.29, 0.717) is 11.4 Å². The van der Waals surface area contributed by atoms with Gasteiger partial charge >= 0.3 is 0 Å². The van der Waals surface area contributed by atoms with E-state index >= 15 is 0 Å². The van der Waals surface area contributed by atoms with Crippen LogP contribution < -0.4 is 16.6 Å². The van der Waals surface area contributed by atoms with Gasteiger partial charge in [0, 0.05) is 16.9 Å². The molecule has 4 N–H and O–H groups in total. The largest absolute Gasteiger partial charge is 0.545 e. The molecule has 58 valence electrons. The van der Waals surface area contributed by atoms with E-state index < -0.39 is 5.97 Å². The highest BCUT2D eigenvalue weighted by Gasteiger charge is 1.95. The molecule has 1 aromatic carbocycles. The summed E-state index contributed by atoms with van der Waals surface area (Å²) in [6.07, 6.45) is 0. The lowest BCUT2D eigenvalue weighted by molar-refractivity contribution is -0.255. The molecule has 0 aromatic heterocycles. The molecule has 1 aromatic rings. The Morgan fingerprint density at radius 2 is 1.64 bits per heavy atom. The minimum Gasteiger partial charge on any atom is -0.545 e. The molecule has 0 fully saturated rings. The van der Waals surface area contributed by atoms with Crippen LogP contribution in [0.25, 0.3) is 0 Å². The predicted octanol–water partition coefficient (Wildman–Crippen LogP) is -0.786. The first-order valence-corrected chi connectivity index (χ1v) is 2.97. The fourth-order valence-corrected chi connectivity index (χ4v) is 0.794. The van der Waals surface area contributed by atoms with Gasteiger partial charge in [-0.25, -0.2) is 0 Å². The van der Waals surface area contributed by atoms with Crippen LogP contribution >= 0.6 is 0 Å². The zero-order chi connectivity index (χ0) is 8.43. The highest BCUT2D eigenvalue weighted by Crippen LogP contribution is 2.12. The summed E-state index contributed by atoms with van der Waals surface area (Å²) in [4.78, 5) is 10.3. The van der Waals surface area contributed by atoms with Crippen LogP contribution in [0.2, 0.25) is 0 Å². The van der Waals surface area contributed by atoms with Gasteiger partial charge in [-0.3, -0.25) is 0 Å². The minimum atomic E-state index is -1.27. The van der Waals surface area contributed by atoms with Gasteiger partial charge in [-0.15, -0.1) is 0 Å². The number of carbonyl (C=O) groups is 1. The number of hydrogen-bond donors (Lipinski definition) is 2. The SMILES string of the molecule is Nc1cc(N)cc(C(=O)[O-])c1. The summed E-state index contributed by atoms with van der Waals surface area (Å²) >= 11 is 0. The molecule has 0 radical (unpaired) electrons. The molecule has 0 aliphatic carbocycles. The number of rotatable bonds is 1. The van der Waals surface area contributed by atoms with E-state index in [-0.39, 0.29) is 5.56 Å². The van der Waals surface area contributed by atoms with Crippen LogP contribution in [0.4, 0.5) is 11.4 Å². The van der Waals surface area contributed by atoms with E-state index in [9.17, 15) is 9.90 Å². The van der Waals surface area contributed by atoms with Gasteiger partial charge in [0.25, 0.3) is 0 Å². The Morgan fingerprint density at radius 3 is 2.00 bits per heavy atom. The first-order chi connectivity index (χ1) is 5.09. The van der Waals surface area contributed by atoms with Crippen molar-refractivity contribution in [2.75, 3.05) is 11.5 Å². The number of aromatic carboxylic acids is 1. The lowest BCUT2D eigenvalue weighted by Gasteiger charge is -2.04. The maximum atomic E-state index is 10.3. The lowest BCUT2D eigenvalue weighted by Crippen LogP contribution is -2.22. The number of nitrogens with two attached hydrogens (primary N) is 2. The van der Waals surface area contributed by atoms with Crippen LogP contribution in [0, 0.1) is 0 Å². The molecule has 4 nitrogen and oxygen atoms in total. The summed E-state index contributed by atoms with van der Waals surface area (Å²) < 4.78 is 0. The zero-order valence-electron chi connectivity index (χ0n) is 5.70. The van der Waals surface area contributed by atoms with Crippen LogP contribution in [0.15, 0.2) is 18.2 Å². The van der Waals surface area contributed by atoms with E-state index in [0.717, 1.165) is 0 Å². The highest BCUT2D eigenvalue weighted by molar-refractivity contribution is 5.88. The quantitative estimate of drug-likeness (QED) is 0.514. The van der Waals surface area contributed by atoms with Crippen LogP contribution in [-0.2, 0) is 0 Å². The molecule has 0 bridgehead atoms. The average Bonchev–Trinajstić information content (AvgIpc) is 1.85. The molecule has 0 aliphatic rings. The van der Waals surface area contributed by atoms with E-state index in [1.165, 1.54) is 18.2 Å². The van der Waals surface area contributed by atoms with Crippen molar-refractivity contribution < 1.29 is 9.90 Å². The van der Waals surface area contributed by atoms with Gasteiger partial charge in [-0.1, -0.05) is 0 Å². The molecule has 0 spiro atoms. The summed E-state index contributed by atoms with van der Waals surface area (Å²) in [6.45, 7) is 0. The smallest absolute Gasteiger partial charge is 0.0716 e. The number of anilines is 2. The Morgan fingerprint density at radius 1 is 1.18 bits per heavy atom. The third kappa shape index (κ3) is 1.61. The third-order valence-corrected chi connectivity index (χ3v) is 1.21. The zero-order valence-corrected chi connectivity index (χ0v) is 5.70. The van der Waals surface area contributed by atoms with E-state index in [1.54, 1.807) is 0 Å². The summed E-state index contributed by atoms with van der Waals surface area (Å²) in [5.74, 6) is -1.27. The number of nitrogen functional groups attached to an aromatic ring is 2. The van der Waals surface area contributed by atoms with E-state index in [4.69, 9.17) is 11.5 Å².